The molecule has 0 bridgehead atoms. The molecule has 0 aromatic heterocycles. The maximum absolute atomic E-state index is 14.5. The molecule has 1 fully saturated rings. The monoisotopic (exact) mass is 595 g/mol. The standard InChI is InChI=1S/C34H49N3O6/c1-5-6-7-13-22-37(30(27-16-11-12-17-29(27)39)31(40)35-25-14-9-8-10-15-25)32(41)28(36-33(42)43-34(2,3)4)23-24-18-20-26(38)21-19-24/h11-12,16-21,25,28,30,38-39H,5-10,13-15,22-23H2,1-4H3,(H,35,40)(H,36,42). The summed E-state index contributed by atoms with van der Waals surface area (Å²) in [6.45, 7) is 7.59. The van der Waals surface area contributed by atoms with Crippen molar-refractivity contribution in [2.75, 3.05) is 6.54 Å². The van der Waals surface area contributed by atoms with Crippen LogP contribution in [0.5, 0.6) is 11.5 Å². The fourth-order valence-corrected chi connectivity index (χ4v) is 5.49. The summed E-state index contributed by atoms with van der Waals surface area (Å²) in [7, 11) is 0. The van der Waals surface area contributed by atoms with Crippen molar-refractivity contribution in [3.63, 3.8) is 0 Å². The molecular weight excluding hydrogens is 546 g/mol. The number of nitrogens with zero attached hydrogens (tertiary/aromatic N) is 1. The van der Waals surface area contributed by atoms with Gasteiger partial charge < -0.3 is 30.5 Å². The van der Waals surface area contributed by atoms with Crippen LogP contribution in [0.1, 0.15) is 103 Å². The molecule has 0 spiro atoms. The number of benzene rings is 2. The topological polar surface area (TPSA) is 128 Å². The minimum atomic E-state index is -1.10. The van der Waals surface area contributed by atoms with Crippen LogP contribution in [0.4, 0.5) is 4.79 Å². The number of carbonyl (C=O) groups excluding carboxylic acids is 3. The number of para-hydroxylation sites is 1. The van der Waals surface area contributed by atoms with Crippen LogP contribution in [-0.2, 0) is 20.7 Å². The average Bonchev–Trinajstić information content (AvgIpc) is 2.95. The Labute approximate surface area is 256 Å². The van der Waals surface area contributed by atoms with E-state index in [1.54, 1.807) is 51.1 Å². The van der Waals surface area contributed by atoms with Gasteiger partial charge in [-0.25, -0.2) is 4.79 Å². The van der Waals surface area contributed by atoms with Crippen LogP contribution < -0.4 is 10.6 Å². The number of aromatic hydroxyl groups is 2. The predicted octanol–water partition coefficient (Wildman–Crippen LogP) is 6.13. The van der Waals surface area contributed by atoms with Gasteiger partial charge in [-0.1, -0.05) is 75.8 Å². The lowest BCUT2D eigenvalue weighted by Gasteiger charge is -2.36. The first kappa shape index (κ1) is 33.7. The summed E-state index contributed by atoms with van der Waals surface area (Å²) in [5, 5.41) is 26.6. The van der Waals surface area contributed by atoms with Crippen molar-refractivity contribution >= 4 is 17.9 Å². The SMILES string of the molecule is CCCCCCN(C(=O)C(Cc1ccc(O)cc1)NC(=O)OC(C)(C)C)C(C(=O)NC1CCCCC1)c1ccccc1O. The summed E-state index contributed by atoms with van der Waals surface area (Å²) in [6.07, 6.45) is 7.78. The van der Waals surface area contributed by atoms with Crippen molar-refractivity contribution < 1.29 is 29.3 Å². The highest BCUT2D eigenvalue weighted by atomic mass is 16.6. The number of rotatable bonds is 13. The van der Waals surface area contributed by atoms with E-state index in [9.17, 15) is 24.6 Å². The van der Waals surface area contributed by atoms with Gasteiger partial charge in [-0.15, -0.1) is 0 Å². The number of hydrogen-bond donors (Lipinski definition) is 4. The Morgan fingerprint density at radius 3 is 2.26 bits per heavy atom. The van der Waals surface area contributed by atoms with E-state index >= 15 is 0 Å². The fourth-order valence-electron chi connectivity index (χ4n) is 5.49. The van der Waals surface area contributed by atoms with Crippen LogP contribution in [0.15, 0.2) is 48.5 Å². The minimum Gasteiger partial charge on any atom is -0.508 e. The first-order chi connectivity index (χ1) is 20.5. The molecule has 236 valence electrons. The van der Waals surface area contributed by atoms with Crippen molar-refractivity contribution in [2.24, 2.45) is 0 Å². The number of nitrogens with one attached hydrogen (secondary N) is 2. The summed E-state index contributed by atoms with van der Waals surface area (Å²) in [5.41, 5.74) is 0.262. The zero-order chi connectivity index (χ0) is 31.4. The largest absolute Gasteiger partial charge is 0.508 e. The number of carbonyl (C=O) groups is 3. The molecule has 2 unspecified atom stereocenters. The van der Waals surface area contributed by atoms with Gasteiger partial charge >= 0.3 is 6.09 Å². The van der Waals surface area contributed by atoms with Gasteiger partial charge in [0.1, 0.15) is 29.2 Å². The summed E-state index contributed by atoms with van der Waals surface area (Å²) in [6, 6.07) is 10.9. The van der Waals surface area contributed by atoms with E-state index in [4.69, 9.17) is 4.74 Å². The quantitative estimate of drug-likeness (QED) is 0.206. The van der Waals surface area contributed by atoms with Crippen molar-refractivity contribution in [2.45, 2.75) is 116 Å². The first-order valence-corrected chi connectivity index (χ1v) is 15.6. The molecule has 0 aliphatic heterocycles. The minimum absolute atomic E-state index is 0.000620. The molecular formula is C34H49N3O6. The van der Waals surface area contributed by atoms with Gasteiger partial charge in [-0.2, -0.15) is 0 Å². The lowest BCUT2D eigenvalue weighted by Crippen LogP contribution is -2.54. The van der Waals surface area contributed by atoms with Crippen molar-refractivity contribution in [3.05, 3.63) is 59.7 Å². The number of hydrogen-bond acceptors (Lipinski definition) is 6. The number of alkyl carbamates (subject to hydrolysis) is 1. The van der Waals surface area contributed by atoms with E-state index in [1.807, 2.05) is 0 Å². The number of amides is 3. The fraction of sp³-hybridized carbons (Fsp3) is 0.559. The zero-order valence-electron chi connectivity index (χ0n) is 26.1. The van der Waals surface area contributed by atoms with Gasteiger partial charge in [0, 0.05) is 24.6 Å². The number of phenolic OH excluding ortho intramolecular Hbond substituents is 2. The van der Waals surface area contributed by atoms with Gasteiger partial charge in [-0.3, -0.25) is 9.59 Å². The second-order valence-corrected chi connectivity index (χ2v) is 12.5. The zero-order valence-corrected chi connectivity index (χ0v) is 26.1. The Morgan fingerprint density at radius 1 is 0.953 bits per heavy atom. The van der Waals surface area contributed by atoms with Crippen LogP contribution in [0.3, 0.4) is 0 Å². The molecule has 0 radical (unpaired) electrons. The molecule has 2 atom stereocenters. The Hall–Kier alpha value is -3.75. The molecule has 9 nitrogen and oxygen atoms in total. The third kappa shape index (κ3) is 10.8. The lowest BCUT2D eigenvalue weighted by molar-refractivity contribution is -0.143. The van der Waals surface area contributed by atoms with Crippen LogP contribution in [0.25, 0.3) is 0 Å². The third-order valence-electron chi connectivity index (χ3n) is 7.64. The molecule has 1 aliphatic rings. The van der Waals surface area contributed by atoms with E-state index in [2.05, 4.69) is 17.6 Å². The van der Waals surface area contributed by atoms with Gasteiger partial charge in [0.05, 0.1) is 0 Å². The van der Waals surface area contributed by atoms with Gasteiger partial charge in [-0.05, 0) is 63.8 Å². The summed E-state index contributed by atoms with van der Waals surface area (Å²) >= 11 is 0. The third-order valence-corrected chi connectivity index (χ3v) is 7.64. The highest BCUT2D eigenvalue weighted by Crippen LogP contribution is 2.31. The summed E-state index contributed by atoms with van der Waals surface area (Å²) in [5.74, 6) is -0.795. The first-order valence-electron chi connectivity index (χ1n) is 15.6. The smallest absolute Gasteiger partial charge is 0.408 e. The van der Waals surface area contributed by atoms with E-state index in [0.29, 0.717) is 17.5 Å². The van der Waals surface area contributed by atoms with E-state index < -0.39 is 29.7 Å². The van der Waals surface area contributed by atoms with Crippen LogP contribution in [-0.4, -0.2) is 57.3 Å². The highest BCUT2D eigenvalue weighted by molar-refractivity contribution is 5.92. The second-order valence-electron chi connectivity index (χ2n) is 12.5. The van der Waals surface area contributed by atoms with Gasteiger partial charge in [0.25, 0.3) is 0 Å². The summed E-state index contributed by atoms with van der Waals surface area (Å²) < 4.78 is 5.50. The molecule has 1 aliphatic carbocycles. The lowest BCUT2D eigenvalue weighted by atomic mass is 9.94. The number of unbranched alkanes of at least 4 members (excludes halogenated alkanes) is 3. The molecule has 2 aromatic rings. The molecule has 4 N–H and O–H groups in total. The number of phenols is 2. The maximum Gasteiger partial charge on any atom is 0.408 e. The normalized spacial score (nSPS) is 15.3. The van der Waals surface area contributed by atoms with E-state index in [1.165, 1.54) is 23.1 Å². The summed E-state index contributed by atoms with van der Waals surface area (Å²) in [4.78, 5) is 43.1. The highest BCUT2D eigenvalue weighted by Gasteiger charge is 2.38. The van der Waals surface area contributed by atoms with Crippen molar-refractivity contribution in [1.29, 1.82) is 0 Å². The molecule has 3 amide bonds. The van der Waals surface area contributed by atoms with Crippen LogP contribution >= 0.6 is 0 Å². The molecule has 2 aromatic carbocycles. The Balaban J connectivity index is 2.03. The predicted molar refractivity (Wildman–Crippen MR) is 167 cm³/mol. The van der Waals surface area contributed by atoms with Crippen molar-refractivity contribution in [3.8, 4) is 11.5 Å². The molecule has 9 heteroatoms. The average molecular weight is 596 g/mol. The van der Waals surface area contributed by atoms with Crippen LogP contribution in [0.2, 0.25) is 0 Å². The molecule has 3 rings (SSSR count). The van der Waals surface area contributed by atoms with Crippen molar-refractivity contribution in [1.82, 2.24) is 15.5 Å². The Bertz CT molecular complexity index is 1190. The molecule has 1 saturated carbocycles. The molecule has 0 saturated heterocycles. The second kappa shape index (κ2) is 16.2. The molecule has 43 heavy (non-hydrogen) atoms. The number of ether oxygens (including phenoxy) is 1. The maximum atomic E-state index is 14.5. The van der Waals surface area contributed by atoms with Gasteiger partial charge in [0.2, 0.25) is 11.8 Å². The van der Waals surface area contributed by atoms with E-state index in [0.717, 1.165) is 51.4 Å². The van der Waals surface area contributed by atoms with E-state index in [-0.39, 0.29) is 36.4 Å². The molecule has 0 heterocycles. The van der Waals surface area contributed by atoms with Gasteiger partial charge in [0.15, 0.2) is 0 Å². The Morgan fingerprint density at radius 2 is 1.63 bits per heavy atom. The Kier molecular flexibility index (Phi) is 12.7. The van der Waals surface area contributed by atoms with Crippen LogP contribution in [0, 0.1) is 0 Å².